The molecule has 2 unspecified atom stereocenters. The van der Waals surface area contributed by atoms with Crippen LogP contribution in [0.3, 0.4) is 0 Å². The Bertz CT molecular complexity index is 437. The fraction of sp³-hybridized carbons (Fsp3) is 0.462. The maximum absolute atomic E-state index is 13.0. The molecule has 0 spiro atoms. The van der Waals surface area contributed by atoms with Crippen molar-refractivity contribution in [2.75, 3.05) is 18.8 Å². The van der Waals surface area contributed by atoms with Crippen molar-refractivity contribution in [3.8, 4) is 0 Å². The summed E-state index contributed by atoms with van der Waals surface area (Å²) in [7, 11) is 0. The van der Waals surface area contributed by atoms with E-state index in [0.717, 1.165) is 13.1 Å². The van der Waals surface area contributed by atoms with Gasteiger partial charge in [-0.25, -0.2) is 4.39 Å². The summed E-state index contributed by atoms with van der Waals surface area (Å²) in [5.41, 5.74) is 5.95. The Morgan fingerprint density at radius 2 is 1.94 bits per heavy atom. The number of amides is 1. The molecule has 0 bridgehead atoms. The number of anilines is 1. The summed E-state index contributed by atoms with van der Waals surface area (Å²) in [6.45, 7) is 5.79. The highest BCUT2D eigenvalue weighted by Gasteiger charge is 2.29. The summed E-state index contributed by atoms with van der Waals surface area (Å²) in [6, 6.07) is 4.14. The highest BCUT2D eigenvalue weighted by atomic mass is 19.1. The van der Waals surface area contributed by atoms with Crippen LogP contribution in [0.5, 0.6) is 0 Å². The van der Waals surface area contributed by atoms with Gasteiger partial charge in [-0.05, 0) is 30.0 Å². The second kappa shape index (κ2) is 4.35. The van der Waals surface area contributed by atoms with Crippen molar-refractivity contribution in [3.63, 3.8) is 0 Å². The van der Waals surface area contributed by atoms with E-state index < -0.39 is 5.82 Å². The molecule has 0 radical (unpaired) electrons. The molecule has 1 heterocycles. The van der Waals surface area contributed by atoms with Crippen molar-refractivity contribution in [1.82, 2.24) is 4.90 Å². The number of nitrogens with two attached hydrogens (primary N) is 1. The molecule has 2 N–H and O–H groups in total. The predicted molar refractivity (Wildman–Crippen MR) is 65.0 cm³/mol. The smallest absolute Gasteiger partial charge is 0.253 e. The van der Waals surface area contributed by atoms with Crippen molar-refractivity contribution in [2.24, 2.45) is 11.8 Å². The molecule has 1 fully saturated rings. The maximum Gasteiger partial charge on any atom is 0.253 e. The number of likely N-dealkylation sites (tertiary alicyclic amines) is 1. The monoisotopic (exact) mass is 236 g/mol. The molecule has 4 heteroatoms. The molecule has 1 amide bonds. The molecule has 1 saturated heterocycles. The lowest BCUT2D eigenvalue weighted by Crippen LogP contribution is -2.28. The van der Waals surface area contributed by atoms with Crippen molar-refractivity contribution in [2.45, 2.75) is 13.8 Å². The van der Waals surface area contributed by atoms with Crippen LogP contribution in [0.15, 0.2) is 18.2 Å². The fourth-order valence-electron chi connectivity index (χ4n) is 2.15. The number of hydrogen-bond donors (Lipinski definition) is 1. The number of carbonyl (C=O) groups is 1. The van der Waals surface area contributed by atoms with Gasteiger partial charge in [-0.15, -0.1) is 0 Å². The topological polar surface area (TPSA) is 46.3 Å². The van der Waals surface area contributed by atoms with Crippen LogP contribution in [-0.2, 0) is 0 Å². The summed E-state index contributed by atoms with van der Waals surface area (Å²) < 4.78 is 13.0. The van der Waals surface area contributed by atoms with Crippen LogP contribution >= 0.6 is 0 Å². The van der Waals surface area contributed by atoms with Gasteiger partial charge in [0.1, 0.15) is 5.82 Å². The van der Waals surface area contributed by atoms with E-state index in [1.807, 2.05) is 4.90 Å². The third-order valence-corrected chi connectivity index (χ3v) is 3.52. The maximum atomic E-state index is 13.0. The van der Waals surface area contributed by atoms with Crippen LogP contribution < -0.4 is 5.73 Å². The van der Waals surface area contributed by atoms with Gasteiger partial charge in [0.15, 0.2) is 0 Å². The van der Waals surface area contributed by atoms with Gasteiger partial charge in [-0.3, -0.25) is 4.79 Å². The predicted octanol–water partition coefficient (Wildman–Crippen LogP) is 2.14. The third-order valence-electron chi connectivity index (χ3n) is 3.52. The summed E-state index contributed by atoms with van der Waals surface area (Å²) in [6.07, 6.45) is 0. The zero-order valence-electron chi connectivity index (χ0n) is 10.1. The van der Waals surface area contributed by atoms with Crippen molar-refractivity contribution < 1.29 is 9.18 Å². The molecule has 0 aliphatic carbocycles. The normalized spacial score (nSPS) is 24.1. The number of hydrogen-bond acceptors (Lipinski definition) is 2. The first kappa shape index (κ1) is 11.9. The standard InChI is InChI=1S/C13H17FN2O/c1-8-6-16(7-9(8)2)13(17)10-3-4-11(14)12(15)5-10/h3-5,8-9H,6-7,15H2,1-2H3. The second-order valence-electron chi connectivity index (χ2n) is 4.90. The molecule has 0 saturated carbocycles. The zero-order valence-corrected chi connectivity index (χ0v) is 10.1. The molecule has 3 nitrogen and oxygen atoms in total. The van der Waals surface area contributed by atoms with Crippen LogP contribution in [0, 0.1) is 17.7 Å². The lowest BCUT2D eigenvalue weighted by atomic mass is 10.0. The van der Waals surface area contributed by atoms with Crippen LogP contribution in [0.1, 0.15) is 24.2 Å². The molecule has 1 aliphatic rings. The van der Waals surface area contributed by atoms with Crippen LogP contribution in [0.4, 0.5) is 10.1 Å². The minimum Gasteiger partial charge on any atom is -0.396 e. The SMILES string of the molecule is CC1CN(C(=O)c2ccc(F)c(N)c2)CC1C. The third kappa shape index (κ3) is 2.25. The van der Waals surface area contributed by atoms with Gasteiger partial charge in [0.25, 0.3) is 5.91 Å². The van der Waals surface area contributed by atoms with Gasteiger partial charge < -0.3 is 10.6 Å². The van der Waals surface area contributed by atoms with E-state index in [4.69, 9.17) is 5.73 Å². The van der Waals surface area contributed by atoms with Gasteiger partial charge in [0.05, 0.1) is 5.69 Å². The summed E-state index contributed by atoms with van der Waals surface area (Å²) >= 11 is 0. The molecule has 17 heavy (non-hydrogen) atoms. The highest BCUT2D eigenvalue weighted by Crippen LogP contribution is 2.24. The Labute approximate surface area is 100 Å². The zero-order chi connectivity index (χ0) is 12.6. The summed E-state index contributed by atoms with van der Waals surface area (Å²) in [4.78, 5) is 14.0. The van der Waals surface area contributed by atoms with E-state index in [1.54, 1.807) is 0 Å². The fourth-order valence-corrected chi connectivity index (χ4v) is 2.15. The average molecular weight is 236 g/mol. The van der Waals surface area contributed by atoms with Crippen molar-refractivity contribution >= 4 is 11.6 Å². The van der Waals surface area contributed by atoms with Gasteiger partial charge in [-0.2, -0.15) is 0 Å². The minimum atomic E-state index is -0.482. The van der Waals surface area contributed by atoms with Crippen molar-refractivity contribution in [3.05, 3.63) is 29.6 Å². The largest absolute Gasteiger partial charge is 0.396 e. The lowest BCUT2D eigenvalue weighted by Gasteiger charge is -2.16. The van der Waals surface area contributed by atoms with E-state index in [-0.39, 0.29) is 11.6 Å². The Kier molecular flexibility index (Phi) is 3.05. The Morgan fingerprint density at radius 3 is 2.47 bits per heavy atom. The van der Waals surface area contributed by atoms with Crippen LogP contribution in [0.2, 0.25) is 0 Å². The first-order valence-corrected chi connectivity index (χ1v) is 5.83. The lowest BCUT2D eigenvalue weighted by molar-refractivity contribution is 0.0785. The Hall–Kier alpha value is -1.58. The Balaban J connectivity index is 2.17. The molecular weight excluding hydrogens is 219 g/mol. The van der Waals surface area contributed by atoms with Gasteiger partial charge >= 0.3 is 0 Å². The van der Waals surface area contributed by atoms with E-state index in [9.17, 15) is 9.18 Å². The quantitative estimate of drug-likeness (QED) is 0.759. The minimum absolute atomic E-state index is 0.0242. The second-order valence-corrected chi connectivity index (χ2v) is 4.90. The Morgan fingerprint density at radius 1 is 1.35 bits per heavy atom. The molecule has 2 rings (SSSR count). The summed E-state index contributed by atoms with van der Waals surface area (Å²) in [5, 5.41) is 0. The highest BCUT2D eigenvalue weighted by molar-refractivity contribution is 5.95. The first-order chi connectivity index (χ1) is 7.99. The summed E-state index contributed by atoms with van der Waals surface area (Å²) in [5.74, 6) is 0.478. The van der Waals surface area contributed by atoms with Gasteiger partial charge in [-0.1, -0.05) is 13.8 Å². The number of nitrogens with zero attached hydrogens (tertiary/aromatic N) is 1. The molecule has 1 aliphatic heterocycles. The number of benzene rings is 1. The molecule has 1 aromatic carbocycles. The average Bonchev–Trinajstić information content (AvgIpc) is 2.62. The van der Waals surface area contributed by atoms with Crippen LogP contribution in [0.25, 0.3) is 0 Å². The number of nitrogen functional groups attached to an aromatic ring is 1. The van der Waals surface area contributed by atoms with Crippen molar-refractivity contribution in [1.29, 1.82) is 0 Å². The van der Waals surface area contributed by atoms with Gasteiger partial charge in [0, 0.05) is 18.7 Å². The van der Waals surface area contributed by atoms with Crippen LogP contribution in [-0.4, -0.2) is 23.9 Å². The van der Waals surface area contributed by atoms with E-state index in [0.29, 0.717) is 17.4 Å². The van der Waals surface area contributed by atoms with E-state index in [1.165, 1.54) is 18.2 Å². The molecule has 1 aromatic rings. The van der Waals surface area contributed by atoms with E-state index >= 15 is 0 Å². The number of rotatable bonds is 1. The number of halogens is 1. The van der Waals surface area contributed by atoms with E-state index in [2.05, 4.69) is 13.8 Å². The molecular formula is C13H17FN2O. The first-order valence-electron chi connectivity index (χ1n) is 5.83. The molecule has 0 aromatic heterocycles. The molecule has 2 atom stereocenters. The molecule has 92 valence electrons. The number of carbonyl (C=O) groups excluding carboxylic acids is 1. The van der Waals surface area contributed by atoms with Gasteiger partial charge in [0.2, 0.25) is 0 Å².